The highest BCUT2D eigenvalue weighted by Crippen LogP contribution is 2.19. The van der Waals surface area contributed by atoms with Gasteiger partial charge in [0.15, 0.2) is 0 Å². The van der Waals surface area contributed by atoms with Crippen molar-refractivity contribution in [2.24, 2.45) is 5.11 Å². The molecule has 0 saturated heterocycles. The summed E-state index contributed by atoms with van der Waals surface area (Å²) in [5.74, 6) is -0.907. The second-order valence-corrected chi connectivity index (χ2v) is 4.39. The molecule has 0 fully saturated rings. The van der Waals surface area contributed by atoms with Gasteiger partial charge in [-0.2, -0.15) is 0 Å². The largest absolute Gasteiger partial charge is 0.480 e. The molecule has 6 heteroatoms. The second-order valence-electron chi connectivity index (χ2n) is 4.39. The van der Waals surface area contributed by atoms with Crippen LogP contribution in [0.2, 0.25) is 0 Å². The molecule has 0 heterocycles. The fraction of sp³-hybridized carbons (Fsp3) is 0.462. The molecule has 0 saturated carbocycles. The number of benzene rings is 1. The van der Waals surface area contributed by atoms with Gasteiger partial charge in [0.25, 0.3) is 0 Å². The smallest absolute Gasteiger partial charge is 0.325 e. The van der Waals surface area contributed by atoms with E-state index in [1.54, 1.807) is 0 Å². The number of nitrogens with zero attached hydrogens (tertiary/aromatic N) is 3. The minimum absolute atomic E-state index is 0.364. The van der Waals surface area contributed by atoms with Gasteiger partial charge in [-0.15, -0.1) is 0 Å². The van der Waals surface area contributed by atoms with Crippen LogP contribution < -0.4 is 5.32 Å². The first-order chi connectivity index (χ1) is 9.06. The zero-order valence-electron chi connectivity index (χ0n) is 11.1. The lowest BCUT2D eigenvalue weighted by Crippen LogP contribution is -2.30. The summed E-state index contributed by atoms with van der Waals surface area (Å²) >= 11 is 0. The lowest BCUT2D eigenvalue weighted by atomic mass is 9.99. The van der Waals surface area contributed by atoms with Crippen LogP contribution in [0.4, 0.5) is 0 Å². The molecule has 1 aromatic rings. The normalized spacial score (nSPS) is 11.7. The van der Waals surface area contributed by atoms with Gasteiger partial charge in [0.05, 0.1) is 0 Å². The van der Waals surface area contributed by atoms with Gasteiger partial charge in [-0.05, 0) is 43.5 Å². The van der Waals surface area contributed by atoms with Crippen LogP contribution in [0, 0.1) is 13.8 Å². The van der Waals surface area contributed by atoms with Gasteiger partial charge in [-0.3, -0.25) is 4.79 Å². The Hall–Kier alpha value is -2.04. The molecule has 2 N–H and O–H groups in total. The van der Waals surface area contributed by atoms with Crippen molar-refractivity contribution < 1.29 is 9.90 Å². The Morgan fingerprint density at radius 3 is 2.84 bits per heavy atom. The Morgan fingerprint density at radius 2 is 2.26 bits per heavy atom. The molecule has 0 aliphatic rings. The molecule has 0 aliphatic heterocycles. The molecule has 0 bridgehead atoms. The first kappa shape index (κ1) is 15.0. The van der Waals surface area contributed by atoms with Gasteiger partial charge in [0.2, 0.25) is 0 Å². The van der Waals surface area contributed by atoms with Crippen LogP contribution in [-0.4, -0.2) is 24.2 Å². The lowest BCUT2D eigenvalue weighted by molar-refractivity contribution is -0.139. The Labute approximate surface area is 112 Å². The highest BCUT2D eigenvalue weighted by Gasteiger charge is 2.20. The summed E-state index contributed by atoms with van der Waals surface area (Å²) in [4.78, 5) is 14.0. The maximum absolute atomic E-state index is 11.3. The SMILES string of the molecule is Cc1ccc(C(NCCCN=[N+]=[N-])C(=O)O)c(C)c1. The summed E-state index contributed by atoms with van der Waals surface area (Å²) in [5.41, 5.74) is 11.0. The quantitative estimate of drug-likeness (QED) is 0.342. The van der Waals surface area contributed by atoms with E-state index in [9.17, 15) is 9.90 Å². The maximum atomic E-state index is 11.3. The van der Waals surface area contributed by atoms with Crippen LogP contribution in [0.3, 0.4) is 0 Å². The summed E-state index contributed by atoms with van der Waals surface area (Å²) in [5, 5.41) is 15.7. The number of hydrogen-bond donors (Lipinski definition) is 2. The fourth-order valence-electron chi connectivity index (χ4n) is 1.92. The molecule has 0 spiro atoms. The lowest BCUT2D eigenvalue weighted by Gasteiger charge is -2.17. The van der Waals surface area contributed by atoms with Crippen molar-refractivity contribution in [3.63, 3.8) is 0 Å². The Bertz CT molecular complexity index is 495. The number of aryl methyl sites for hydroxylation is 2. The molecule has 1 unspecified atom stereocenters. The number of aliphatic carboxylic acids is 1. The molecule has 6 nitrogen and oxygen atoms in total. The molecule has 0 aromatic heterocycles. The number of carboxylic acids is 1. The minimum atomic E-state index is -0.907. The van der Waals surface area contributed by atoms with E-state index in [2.05, 4.69) is 15.3 Å². The molecular formula is C13H18N4O2. The molecule has 1 aromatic carbocycles. The summed E-state index contributed by atoms with van der Waals surface area (Å²) < 4.78 is 0. The van der Waals surface area contributed by atoms with Crippen molar-refractivity contribution >= 4 is 5.97 Å². The molecule has 1 atom stereocenters. The van der Waals surface area contributed by atoms with Crippen molar-refractivity contribution in [3.05, 3.63) is 45.3 Å². The second kappa shape index (κ2) is 7.41. The standard InChI is InChI=1S/C13H18N4O2/c1-9-4-5-11(10(2)8-9)12(13(18)19)15-6-3-7-16-17-14/h4-5,8,12,15H,3,6-7H2,1-2H3,(H,18,19). The van der Waals surface area contributed by atoms with Crippen LogP contribution in [0.1, 0.15) is 29.2 Å². The van der Waals surface area contributed by atoms with Gasteiger partial charge in [0.1, 0.15) is 6.04 Å². The number of rotatable bonds is 7. The molecular weight excluding hydrogens is 244 g/mol. The van der Waals surface area contributed by atoms with Gasteiger partial charge >= 0.3 is 5.97 Å². The van der Waals surface area contributed by atoms with Crippen molar-refractivity contribution in [2.45, 2.75) is 26.3 Å². The molecule has 0 amide bonds. The van der Waals surface area contributed by atoms with Gasteiger partial charge < -0.3 is 10.4 Å². The van der Waals surface area contributed by atoms with E-state index < -0.39 is 12.0 Å². The first-order valence-electron chi connectivity index (χ1n) is 6.10. The van der Waals surface area contributed by atoms with E-state index in [-0.39, 0.29) is 0 Å². The highest BCUT2D eigenvalue weighted by atomic mass is 16.4. The Balaban J connectivity index is 2.71. The number of carboxylic acid groups (broad SMARTS) is 1. The molecule has 1 rings (SSSR count). The third kappa shape index (κ3) is 4.62. The summed E-state index contributed by atoms with van der Waals surface area (Å²) in [7, 11) is 0. The molecule has 0 radical (unpaired) electrons. The van der Waals surface area contributed by atoms with Crippen molar-refractivity contribution in [2.75, 3.05) is 13.1 Å². The van der Waals surface area contributed by atoms with E-state index in [1.165, 1.54) is 0 Å². The third-order valence-electron chi connectivity index (χ3n) is 2.83. The monoisotopic (exact) mass is 262 g/mol. The van der Waals surface area contributed by atoms with Gasteiger partial charge in [-0.1, -0.05) is 28.9 Å². The van der Waals surface area contributed by atoms with E-state index in [0.717, 1.165) is 16.7 Å². The van der Waals surface area contributed by atoms with E-state index >= 15 is 0 Å². The minimum Gasteiger partial charge on any atom is -0.480 e. The van der Waals surface area contributed by atoms with Crippen LogP contribution in [0.5, 0.6) is 0 Å². The zero-order valence-corrected chi connectivity index (χ0v) is 11.1. The van der Waals surface area contributed by atoms with Crippen LogP contribution in [0.15, 0.2) is 23.3 Å². The number of hydrogen-bond acceptors (Lipinski definition) is 3. The van der Waals surface area contributed by atoms with Gasteiger partial charge in [0, 0.05) is 11.5 Å². The van der Waals surface area contributed by atoms with E-state index in [0.29, 0.717) is 19.5 Å². The van der Waals surface area contributed by atoms with Gasteiger partial charge in [-0.25, -0.2) is 0 Å². The number of azide groups is 1. The van der Waals surface area contributed by atoms with E-state index in [4.69, 9.17) is 5.53 Å². The molecule has 0 aliphatic carbocycles. The predicted molar refractivity (Wildman–Crippen MR) is 72.9 cm³/mol. The highest BCUT2D eigenvalue weighted by molar-refractivity contribution is 5.76. The summed E-state index contributed by atoms with van der Waals surface area (Å²) in [6.07, 6.45) is 0.610. The van der Waals surface area contributed by atoms with Crippen molar-refractivity contribution in [1.82, 2.24) is 5.32 Å². The van der Waals surface area contributed by atoms with Crippen LogP contribution in [0.25, 0.3) is 10.4 Å². The Kier molecular flexibility index (Phi) is 5.85. The topological polar surface area (TPSA) is 98.1 Å². The van der Waals surface area contributed by atoms with Crippen LogP contribution >= 0.6 is 0 Å². The van der Waals surface area contributed by atoms with Crippen molar-refractivity contribution in [1.29, 1.82) is 0 Å². The third-order valence-corrected chi connectivity index (χ3v) is 2.83. The maximum Gasteiger partial charge on any atom is 0.325 e. The van der Waals surface area contributed by atoms with E-state index in [1.807, 2.05) is 32.0 Å². The average molecular weight is 262 g/mol. The number of nitrogens with one attached hydrogen (secondary N) is 1. The number of carbonyl (C=O) groups is 1. The zero-order chi connectivity index (χ0) is 14.3. The fourth-order valence-corrected chi connectivity index (χ4v) is 1.92. The summed E-state index contributed by atoms with van der Waals surface area (Å²) in [6.45, 7) is 4.73. The first-order valence-corrected chi connectivity index (χ1v) is 6.10. The molecule has 19 heavy (non-hydrogen) atoms. The van der Waals surface area contributed by atoms with Crippen molar-refractivity contribution in [3.8, 4) is 0 Å². The predicted octanol–water partition coefficient (Wildman–Crippen LogP) is 2.72. The Morgan fingerprint density at radius 1 is 1.53 bits per heavy atom. The average Bonchev–Trinajstić information content (AvgIpc) is 2.35. The summed E-state index contributed by atoms with van der Waals surface area (Å²) in [6, 6.07) is 4.98. The molecule has 102 valence electrons. The van der Waals surface area contributed by atoms with Crippen LogP contribution in [-0.2, 0) is 4.79 Å².